The molecule has 3 aromatic rings. The van der Waals surface area contributed by atoms with E-state index >= 15 is 0 Å². The first kappa shape index (κ1) is 23.4. The molecule has 4 nitrogen and oxygen atoms in total. The molecule has 0 aliphatic carbocycles. The minimum Gasteiger partial charge on any atom is -0.339 e. The Kier molecular flexibility index (Phi) is 6.78. The number of amides is 2. The highest BCUT2D eigenvalue weighted by Crippen LogP contribution is 2.42. The number of benzene rings is 3. The van der Waals surface area contributed by atoms with Crippen LogP contribution >= 0.6 is 11.8 Å². The van der Waals surface area contributed by atoms with Crippen LogP contribution < -0.4 is 4.90 Å². The maximum Gasteiger partial charge on any atom is 0.264 e. The molecule has 1 fully saturated rings. The van der Waals surface area contributed by atoms with Gasteiger partial charge in [-0.05, 0) is 67.5 Å². The van der Waals surface area contributed by atoms with Gasteiger partial charge in [-0.1, -0.05) is 71.9 Å². The van der Waals surface area contributed by atoms with Crippen molar-refractivity contribution in [2.75, 3.05) is 25.0 Å². The van der Waals surface area contributed by atoms with E-state index in [1.165, 1.54) is 17.3 Å². The second-order valence-electron chi connectivity index (χ2n) is 9.50. The van der Waals surface area contributed by atoms with Gasteiger partial charge in [0.2, 0.25) is 0 Å². The van der Waals surface area contributed by atoms with Gasteiger partial charge in [-0.2, -0.15) is 0 Å². The number of carbonyl (C=O) groups excluding carboxylic acids is 2. The van der Waals surface area contributed by atoms with Crippen molar-refractivity contribution in [3.05, 3.63) is 100.0 Å². The van der Waals surface area contributed by atoms with Crippen LogP contribution in [0.3, 0.4) is 0 Å². The molecule has 0 aromatic heterocycles. The van der Waals surface area contributed by atoms with Crippen LogP contribution in [0.15, 0.2) is 82.6 Å². The van der Waals surface area contributed by atoms with E-state index in [0.29, 0.717) is 16.4 Å². The van der Waals surface area contributed by atoms with E-state index in [0.717, 1.165) is 54.1 Å². The number of hydrogen-bond acceptors (Lipinski definition) is 3. The van der Waals surface area contributed by atoms with Crippen molar-refractivity contribution in [1.29, 1.82) is 0 Å². The number of thioether (sulfide) groups is 1. The predicted octanol–water partition coefficient (Wildman–Crippen LogP) is 6.20. The first-order valence-corrected chi connectivity index (χ1v) is 13.0. The number of piperidine rings is 1. The number of fused-ring (bicyclic) bond motifs is 1. The van der Waals surface area contributed by atoms with Crippen LogP contribution in [0.25, 0.3) is 6.08 Å². The Bertz CT molecular complexity index is 1280. The van der Waals surface area contributed by atoms with Gasteiger partial charge in [0.15, 0.2) is 0 Å². The predicted molar refractivity (Wildman–Crippen MR) is 144 cm³/mol. The second-order valence-corrected chi connectivity index (χ2v) is 10.6. The van der Waals surface area contributed by atoms with Crippen LogP contribution in [0.1, 0.15) is 39.9 Å². The molecule has 0 unspecified atom stereocenters. The molecular weight excluding hydrogens is 452 g/mol. The van der Waals surface area contributed by atoms with Crippen molar-refractivity contribution in [2.24, 2.45) is 5.92 Å². The Morgan fingerprint density at radius 2 is 1.77 bits per heavy atom. The number of likely N-dealkylation sites (N-methyl/N-ethyl adjacent to an activating group) is 1. The van der Waals surface area contributed by atoms with Crippen molar-refractivity contribution in [1.82, 2.24) is 4.90 Å². The zero-order chi connectivity index (χ0) is 24.4. The standard InChI is InChI=1S/C30H30N2O2S/c1-21-7-6-10-24(17-21)19-28-30(34)31(2)26-20-25(11-12-27(26)35-28)29(33)32-15-13-23(14-16-32)18-22-8-4-3-5-9-22/h3-12,17,19-20,23H,13-16,18H2,1-2H3/b28-19-. The summed E-state index contributed by atoms with van der Waals surface area (Å²) < 4.78 is 0. The number of hydrogen-bond donors (Lipinski definition) is 0. The largest absolute Gasteiger partial charge is 0.339 e. The van der Waals surface area contributed by atoms with E-state index in [2.05, 4.69) is 30.3 Å². The highest BCUT2D eigenvalue weighted by atomic mass is 32.2. The molecule has 2 aliphatic rings. The van der Waals surface area contributed by atoms with Gasteiger partial charge in [0, 0.05) is 30.6 Å². The molecule has 2 amide bonds. The summed E-state index contributed by atoms with van der Waals surface area (Å²) in [6.07, 6.45) is 5.06. The molecule has 3 aromatic carbocycles. The zero-order valence-electron chi connectivity index (χ0n) is 20.2. The van der Waals surface area contributed by atoms with Crippen molar-refractivity contribution in [2.45, 2.75) is 31.1 Å². The lowest BCUT2D eigenvalue weighted by Gasteiger charge is -2.33. The summed E-state index contributed by atoms with van der Waals surface area (Å²) in [7, 11) is 1.79. The van der Waals surface area contributed by atoms with Gasteiger partial charge >= 0.3 is 0 Å². The van der Waals surface area contributed by atoms with Crippen molar-refractivity contribution in [3.63, 3.8) is 0 Å². The molecule has 0 radical (unpaired) electrons. The van der Waals surface area contributed by atoms with Crippen LogP contribution in [0.4, 0.5) is 5.69 Å². The number of rotatable bonds is 4. The van der Waals surface area contributed by atoms with Crippen LogP contribution in [-0.4, -0.2) is 36.9 Å². The van der Waals surface area contributed by atoms with Crippen molar-refractivity contribution >= 4 is 35.3 Å². The third kappa shape index (κ3) is 5.20. The van der Waals surface area contributed by atoms with E-state index < -0.39 is 0 Å². The van der Waals surface area contributed by atoms with Gasteiger partial charge in [0.25, 0.3) is 11.8 Å². The molecule has 0 N–H and O–H groups in total. The number of carbonyl (C=O) groups is 2. The Balaban J connectivity index is 1.28. The molecule has 35 heavy (non-hydrogen) atoms. The quantitative estimate of drug-likeness (QED) is 0.416. The molecular formula is C30H30N2O2S. The summed E-state index contributed by atoms with van der Waals surface area (Å²) in [5.74, 6) is 0.622. The van der Waals surface area contributed by atoms with E-state index in [4.69, 9.17) is 0 Å². The zero-order valence-corrected chi connectivity index (χ0v) is 21.1. The molecule has 2 aliphatic heterocycles. The van der Waals surface area contributed by atoms with Crippen molar-refractivity contribution < 1.29 is 9.59 Å². The highest BCUT2D eigenvalue weighted by Gasteiger charge is 2.29. The van der Waals surface area contributed by atoms with Gasteiger partial charge in [-0.15, -0.1) is 0 Å². The fourth-order valence-electron chi connectivity index (χ4n) is 4.91. The van der Waals surface area contributed by atoms with Crippen LogP contribution in [0, 0.1) is 12.8 Å². The number of anilines is 1. The Morgan fingerprint density at radius 3 is 2.51 bits per heavy atom. The molecule has 0 spiro atoms. The summed E-state index contributed by atoms with van der Waals surface area (Å²) in [5.41, 5.74) is 4.99. The summed E-state index contributed by atoms with van der Waals surface area (Å²) >= 11 is 1.47. The maximum absolute atomic E-state index is 13.3. The average molecular weight is 483 g/mol. The minimum absolute atomic E-state index is 0.0460. The first-order chi connectivity index (χ1) is 17.0. The minimum atomic E-state index is -0.0460. The van der Waals surface area contributed by atoms with Gasteiger partial charge in [-0.3, -0.25) is 9.59 Å². The smallest absolute Gasteiger partial charge is 0.264 e. The SMILES string of the molecule is Cc1cccc(/C=C2\Sc3ccc(C(=O)N4CCC(Cc5ccccc5)CC4)cc3N(C)C2=O)c1. The molecule has 0 bridgehead atoms. The Morgan fingerprint density at radius 1 is 1.00 bits per heavy atom. The summed E-state index contributed by atoms with van der Waals surface area (Å²) in [5, 5.41) is 0. The van der Waals surface area contributed by atoms with Gasteiger partial charge in [0.1, 0.15) is 0 Å². The number of likely N-dealkylation sites (tertiary alicyclic amines) is 1. The lowest BCUT2D eigenvalue weighted by molar-refractivity contribution is -0.114. The summed E-state index contributed by atoms with van der Waals surface area (Å²) in [6, 6.07) is 24.5. The normalized spacial score (nSPS) is 17.5. The molecule has 5 heteroatoms. The molecule has 0 atom stereocenters. The number of nitrogens with zero attached hydrogens (tertiary/aromatic N) is 2. The van der Waals surface area contributed by atoms with Gasteiger partial charge < -0.3 is 9.80 Å². The van der Waals surface area contributed by atoms with Crippen LogP contribution in [0.5, 0.6) is 0 Å². The molecule has 0 saturated carbocycles. The fraction of sp³-hybridized carbons (Fsp3) is 0.267. The lowest BCUT2D eigenvalue weighted by atomic mass is 9.90. The Labute approximate surface area is 211 Å². The average Bonchev–Trinajstić information content (AvgIpc) is 2.88. The highest BCUT2D eigenvalue weighted by molar-refractivity contribution is 8.04. The fourth-order valence-corrected chi connectivity index (χ4v) is 6.00. The maximum atomic E-state index is 13.3. The lowest BCUT2D eigenvalue weighted by Crippen LogP contribution is -2.39. The monoisotopic (exact) mass is 482 g/mol. The van der Waals surface area contributed by atoms with Crippen LogP contribution in [0.2, 0.25) is 0 Å². The molecule has 5 rings (SSSR count). The number of aryl methyl sites for hydroxylation is 1. The topological polar surface area (TPSA) is 40.6 Å². The molecule has 2 heterocycles. The Hall–Kier alpha value is -3.31. The first-order valence-electron chi connectivity index (χ1n) is 12.2. The third-order valence-electron chi connectivity index (χ3n) is 6.91. The van der Waals surface area contributed by atoms with E-state index in [1.807, 2.05) is 60.4 Å². The molecule has 178 valence electrons. The van der Waals surface area contributed by atoms with E-state index in [9.17, 15) is 9.59 Å². The third-order valence-corrected chi connectivity index (χ3v) is 7.99. The van der Waals surface area contributed by atoms with Crippen LogP contribution in [-0.2, 0) is 11.2 Å². The van der Waals surface area contributed by atoms with Crippen molar-refractivity contribution in [3.8, 4) is 0 Å². The summed E-state index contributed by atoms with van der Waals surface area (Å²) in [6.45, 7) is 3.60. The van der Waals surface area contributed by atoms with E-state index in [1.54, 1.807) is 11.9 Å². The summed E-state index contributed by atoms with van der Waals surface area (Å²) in [4.78, 5) is 31.7. The second kappa shape index (κ2) is 10.1. The van der Waals surface area contributed by atoms with Gasteiger partial charge in [-0.25, -0.2) is 0 Å². The van der Waals surface area contributed by atoms with Gasteiger partial charge in [0.05, 0.1) is 10.6 Å². The molecule has 1 saturated heterocycles. The van der Waals surface area contributed by atoms with E-state index in [-0.39, 0.29) is 11.8 Å².